The van der Waals surface area contributed by atoms with Gasteiger partial charge < -0.3 is 15.8 Å². The van der Waals surface area contributed by atoms with E-state index in [1.54, 1.807) is 18.2 Å². The minimum Gasteiger partial charge on any atom is -0.470 e. The van der Waals surface area contributed by atoms with Crippen LogP contribution in [0.15, 0.2) is 18.2 Å². The second-order valence-corrected chi connectivity index (χ2v) is 4.34. The van der Waals surface area contributed by atoms with Gasteiger partial charge in [-0.3, -0.25) is 4.79 Å². The van der Waals surface area contributed by atoms with E-state index in [1.807, 2.05) is 0 Å². The lowest BCUT2D eigenvalue weighted by atomic mass is 9.99. The molecule has 0 bridgehead atoms. The molecule has 1 unspecified atom stereocenters. The molecule has 0 saturated carbocycles. The summed E-state index contributed by atoms with van der Waals surface area (Å²) in [6.07, 6.45) is 1.73. The van der Waals surface area contributed by atoms with Crippen LogP contribution in [0.25, 0.3) is 0 Å². The lowest BCUT2D eigenvalue weighted by molar-refractivity contribution is 0.0569. The average Bonchev–Trinajstić information content (AvgIpc) is 2.32. The predicted molar refractivity (Wildman–Crippen MR) is 66.8 cm³/mol. The Hall–Kier alpha value is -1.71. The van der Waals surface area contributed by atoms with Crippen molar-refractivity contribution >= 4 is 11.6 Å². The van der Waals surface area contributed by atoms with E-state index in [2.05, 4.69) is 19.2 Å². The lowest BCUT2D eigenvalue weighted by Gasteiger charge is -2.31. The third-order valence-electron chi connectivity index (χ3n) is 3.25. The van der Waals surface area contributed by atoms with Crippen LogP contribution in [0.1, 0.15) is 37.0 Å². The van der Waals surface area contributed by atoms with E-state index >= 15 is 0 Å². The van der Waals surface area contributed by atoms with Gasteiger partial charge in [0.25, 0.3) is 5.91 Å². The molecule has 17 heavy (non-hydrogen) atoms. The number of benzene rings is 1. The highest BCUT2D eigenvalue weighted by molar-refractivity contribution is 5.98. The van der Waals surface area contributed by atoms with Gasteiger partial charge in [-0.25, -0.2) is 0 Å². The molecule has 4 heteroatoms. The molecule has 1 aliphatic heterocycles. The Morgan fingerprint density at radius 2 is 2.12 bits per heavy atom. The summed E-state index contributed by atoms with van der Waals surface area (Å²) in [5.74, 6) is 0.861. The van der Waals surface area contributed by atoms with E-state index in [4.69, 9.17) is 10.5 Å². The number of carbonyl (C=O) groups excluding carboxylic acids is 1. The summed E-state index contributed by atoms with van der Waals surface area (Å²) in [4.78, 5) is 11.9. The first-order valence-corrected chi connectivity index (χ1v) is 6.02. The van der Waals surface area contributed by atoms with E-state index in [9.17, 15) is 4.79 Å². The first-order chi connectivity index (χ1) is 8.15. The van der Waals surface area contributed by atoms with Crippen LogP contribution < -0.4 is 15.8 Å². The number of hydrogen-bond acceptors (Lipinski definition) is 3. The molecule has 1 atom stereocenters. The second kappa shape index (κ2) is 4.65. The maximum Gasteiger partial charge on any atom is 0.257 e. The van der Waals surface area contributed by atoms with E-state index in [-0.39, 0.29) is 12.1 Å². The van der Waals surface area contributed by atoms with Crippen LogP contribution in [0.4, 0.5) is 5.69 Å². The van der Waals surface area contributed by atoms with Crippen LogP contribution in [-0.2, 0) is 0 Å². The van der Waals surface area contributed by atoms with Crippen molar-refractivity contribution in [2.75, 3.05) is 5.73 Å². The van der Waals surface area contributed by atoms with Crippen LogP contribution in [-0.4, -0.2) is 12.1 Å². The number of carbonyl (C=O) groups is 1. The molecule has 3 N–H and O–H groups in total. The minimum atomic E-state index is -0.228. The number of amides is 1. The van der Waals surface area contributed by atoms with Gasteiger partial charge in [0.1, 0.15) is 5.75 Å². The van der Waals surface area contributed by atoms with Crippen molar-refractivity contribution in [3.05, 3.63) is 23.8 Å². The standard InChI is InChI=1S/C13H18N2O2/c1-3-8(4-2)13-15-12(16)10-7-9(14)5-6-11(10)17-13/h5-8,13H,3-4,14H2,1-2H3,(H,15,16). The molecular formula is C13H18N2O2. The number of nitrogen functional groups attached to an aromatic ring is 1. The molecule has 0 aromatic heterocycles. The number of anilines is 1. The number of rotatable bonds is 3. The maximum absolute atomic E-state index is 11.9. The highest BCUT2D eigenvalue weighted by Gasteiger charge is 2.29. The molecule has 92 valence electrons. The number of hydrogen-bond donors (Lipinski definition) is 2. The van der Waals surface area contributed by atoms with Gasteiger partial charge in [0, 0.05) is 11.6 Å². The maximum atomic E-state index is 11.9. The predicted octanol–water partition coefficient (Wildman–Crippen LogP) is 2.15. The molecule has 1 aliphatic rings. The van der Waals surface area contributed by atoms with Crippen molar-refractivity contribution in [1.29, 1.82) is 0 Å². The van der Waals surface area contributed by atoms with E-state index in [0.717, 1.165) is 12.8 Å². The Morgan fingerprint density at radius 1 is 1.41 bits per heavy atom. The van der Waals surface area contributed by atoms with Crippen molar-refractivity contribution in [3.8, 4) is 5.75 Å². The summed E-state index contributed by atoms with van der Waals surface area (Å²) in [6, 6.07) is 5.16. The van der Waals surface area contributed by atoms with Gasteiger partial charge in [-0.2, -0.15) is 0 Å². The molecule has 1 amide bonds. The summed E-state index contributed by atoms with van der Waals surface area (Å²) < 4.78 is 5.81. The lowest BCUT2D eigenvalue weighted by Crippen LogP contribution is -2.47. The molecule has 1 aromatic rings. The molecule has 0 radical (unpaired) electrons. The fraction of sp³-hybridized carbons (Fsp3) is 0.462. The smallest absolute Gasteiger partial charge is 0.257 e. The minimum absolute atomic E-state index is 0.101. The van der Waals surface area contributed by atoms with Gasteiger partial charge in [-0.15, -0.1) is 0 Å². The van der Waals surface area contributed by atoms with Gasteiger partial charge >= 0.3 is 0 Å². The Morgan fingerprint density at radius 3 is 2.76 bits per heavy atom. The summed E-state index contributed by atoms with van der Waals surface area (Å²) in [5.41, 5.74) is 6.75. The molecule has 0 spiro atoms. The molecule has 2 rings (SSSR count). The first kappa shape index (κ1) is 11.8. The van der Waals surface area contributed by atoms with E-state index in [0.29, 0.717) is 22.9 Å². The van der Waals surface area contributed by atoms with Gasteiger partial charge in [-0.05, 0) is 31.0 Å². The number of ether oxygens (including phenoxy) is 1. The van der Waals surface area contributed by atoms with E-state index in [1.165, 1.54) is 0 Å². The summed E-state index contributed by atoms with van der Waals surface area (Å²) >= 11 is 0. The van der Waals surface area contributed by atoms with Crippen LogP contribution in [0.5, 0.6) is 5.75 Å². The highest BCUT2D eigenvalue weighted by atomic mass is 16.5. The van der Waals surface area contributed by atoms with Gasteiger partial charge in [0.2, 0.25) is 0 Å². The zero-order valence-electron chi connectivity index (χ0n) is 10.2. The topological polar surface area (TPSA) is 64.4 Å². The third kappa shape index (κ3) is 2.20. The zero-order valence-corrected chi connectivity index (χ0v) is 10.2. The SMILES string of the molecule is CCC(CC)C1NC(=O)c2cc(N)ccc2O1. The third-order valence-corrected chi connectivity index (χ3v) is 3.25. The van der Waals surface area contributed by atoms with Crippen molar-refractivity contribution in [2.24, 2.45) is 5.92 Å². The van der Waals surface area contributed by atoms with Crippen molar-refractivity contribution in [1.82, 2.24) is 5.32 Å². The fourth-order valence-electron chi connectivity index (χ4n) is 2.13. The van der Waals surface area contributed by atoms with Crippen LogP contribution >= 0.6 is 0 Å². The van der Waals surface area contributed by atoms with Gasteiger partial charge in [-0.1, -0.05) is 13.8 Å². The molecule has 0 aliphatic carbocycles. The van der Waals surface area contributed by atoms with Crippen LogP contribution in [0, 0.1) is 5.92 Å². The van der Waals surface area contributed by atoms with Gasteiger partial charge in [0.05, 0.1) is 5.56 Å². The van der Waals surface area contributed by atoms with Crippen molar-refractivity contribution in [2.45, 2.75) is 32.9 Å². The van der Waals surface area contributed by atoms with Crippen molar-refractivity contribution in [3.63, 3.8) is 0 Å². The molecule has 0 fully saturated rings. The summed E-state index contributed by atoms with van der Waals surface area (Å²) in [6.45, 7) is 4.20. The highest BCUT2D eigenvalue weighted by Crippen LogP contribution is 2.28. The van der Waals surface area contributed by atoms with Gasteiger partial charge in [0.15, 0.2) is 6.23 Å². The Bertz CT molecular complexity index is 427. The van der Waals surface area contributed by atoms with Crippen LogP contribution in [0.2, 0.25) is 0 Å². The fourth-order valence-corrected chi connectivity index (χ4v) is 2.13. The molecule has 1 heterocycles. The Balaban J connectivity index is 2.27. The van der Waals surface area contributed by atoms with Crippen molar-refractivity contribution < 1.29 is 9.53 Å². The Kier molecular flexibility index (Phi) is 3.22. The zero-order chi connectivity index (χ0) is 12.4. The Labute approximate surface area is 101 Å². The summed E-state index contributed by atoms with van der Waals surface area (Å²) in [5, 5.41) is 2.88. The number of nitrogens with two attached hydrogens (primary N) is 1. The number of nitrogens with one attached hydrogen (secondary N) is 1. The normalized spacial score (nSPS) is 18.5. The number of fused-ring (bicyclic) bond motifs is 1. The second-order valence-electron chi connectivity index (χ2n) is 4.34. The summed E-state index contributed by atoms with van der Waals surface area (Å²) in [7, 11) is 0. The molecule has 4 nitrogen and oxygen atoms in total. The molecule has 0 saturated heterocycles. The average molecular weight is 234 g/mol. The molecular weight excluding hydrogens is 216 g/mol. The van der Waals surface area contributed by atoms with E-state index < -0.39 is 0 Å². The van der Waals surface area contributed by atoms with Crippen LogP contribution in [0.3, 0.4) is 0 Å². The first-order valence-electron chi connectivity index (χ1n) is 6.02. The monoisotopic (exact) mass is 234 g/mol. The quantitative estimate of drug-likeness (QED) is 0.788. The molecule has 1 aromatic carbocycles. The largest absolute Gasteiger partial charge is 0.470 e.